The van der Waals surface area contributed by atoms with Gasteiger partial charge in [0.1, 0.15) is 16.9 Å². The van der Waals surface area contributed by atoms with Gasteiger partial charge in [0.15, 0.2) is 0 Å². The molecule has 0 spiro atoms. The number of carbonyl (C=O) groups is 1. The van der Waals surface area contributed by atoms with Crippen molar-refractivity contribution in [2.24, 2.45) is 0 Å². The predicted octanol–water partition coefficient (Wildman–Crippen LogP) is 2.07. The Balaban J connectivity index is 2.19. The Morgan fingerprint density at radius 3 is 2.86 bits per heavy atom. The first-order valence-corrected chi connectivity index (χ1v) is 7.15. The monoisotopic (exact) mass is 313 g/mol. The molecule has 1 aromatic heterocycles. The van der Waals surface area contributed by atoms with Crippen LogP contribution in [0.15, 0.2) is 12.3 Å². The number of amides is 1. The lowest BCUT2D eigenvalue weighted by molar-refractivity contribution is -0.385. The van der Waals surface area contributed by atoms with Crippen molar-refractivity contribution in [1.29, 1.82) is 0 Å². The molecule has 2 N–H and O–H groups in total. The zero-order valence-electron chi connectivity index (χ0n) is 11.3. The van der Waals surface area contributed by atoms with Gasteiger partial charge in [0.25, 0.3) is 11.6 Å². The number of hydrogen-bond acceptors (Lipinski definition) is 5. The number of hydrogen-bond donors (Lipinski definition) is 2. The highest BCUT2D eigenvalue weighted by Crippen LogP contribution is 2.22. The summed E-state index contributed by atoms with van der Waals surface area (Å²) in [4.78, 5) is 26.1. The zero-order chi connectivity index (χ0) is 15.4. The Morgan fingerprint density at radius 1 is 1.43 bits per heavy atom. The lowest BCUT2D eigenvalue weighted by atomic mass is 10.1. The summed E-state index contributed by atoms with van der Waals surface area (Å²) in [6.07, 6.45) is 4.42. The van der Waals surface area contributed by atoms with E-state index in [0.717, 1.165) is 31.5 Å². The van der Waals surface area contributed by atoms with E-state index in [1.54, 1.807) is 0 Å². The molecule has 1 aromatic rings. The number of rotatable bonds is 3. The number of aromatic nitrogens is 1. The molecule has 1 saturated carbocycles. The molecule has 2 unspecified atom stereocenters. The number of halogens is 1. The SMILES string of the molecule is O=C(NC1CCCCCC1O)c1cc(Cl)ncc1[N+](=O)[O-]. The van der Waals surface area contributed by atoms with Crippen molar-refractivity contribution in [2.45, 2.75) is 44.2 Å². The van der Waals surface area contributed by atoms with Gasteiger partial charge in [0.05, 0.1) is 17.1 Å². The number of aliphatic hydroxyl groups is 1. The summed E-state index contributed by atoms with van der Waals surface area (Å²) in [6.45, 7) is 0. The van der Waals surface area contributed by atoms with Crippen LogP contribution in [0.25, 0.3) is 0 Å². The van der Waals surface area contributed by atoms with E-state index in [0.29, 0.717) is 12.8 Å². The van der Waals surface area contributed by atoms with Crippen molar-refractivity contribution in [3.05, 3.63) is 33.1 Å². The zero-order valence-corrected chi connectivity index (χ0v) is 12.0. The van der Waals surface area contributed by atoms with E-state index in [1.165, 1.54) is 0 Å². The summed E-state index contributed by atoms with van der Waals surface area (Å²) in [7, 11) is 0. The second kappa shape index (κ2) is 6.82. The average Bonchev–Trinajstić information content (AvgIpc) is 2.63. The molecule has 2 atom stereocenters. The summed E-state index contributed by atoms with van der Waals surface area (Å²) in [5.74, 6) is -0.614. The molecule has 0 aliphatic heterocycles. The lowest BCUT2D eigenvalue weighted by Crippen LogP contribution is -2.42. The van der Waals surface area contributed by atoms with Crippen LogP contribution in [0.3, 0.4) is 0 Å². The molecule has 21 heavy (non-hydrogen) atoms. The molecule has 8 heteroatoms. The fourth-order valence-corrected chi connectivity index (χ4v) is 2.61. The molecule has 2 rings (SSSR count). The first-order valence-electron chi connectivity index (χ1n) is 6.78. The van der Waals surface area contributed by atoms with Crippen molar-refractivity contribution in [1.82, 2.24) is 10.3 Å². The maximum Gasteiger partial charge on any atom is 0.300 e. The summed E-state index contributed by atoms with van der Waals surface area (Å²) in [6, 6.07) is 0.768. The van der Waals surface area contributed by atoms with Gasteiger partial charge in [-0.05, 0) is 18.9 Å². The second-order valence-corrected chi connectivity index (χ2v) is 5.45. The van der Waals surface area contributed by atoms with Crippen molar-refractivity contribution in [3.8, 4) is 0 Å². The predicted molar refractivity (Wildman–Crippen MR) is 76.2 cm³/mol. The number of pyridine rings is 1. The molecule has 0 radical (unpaired) electrons. The van der Waals surface area contributed by atoms with Gasteiger partial charge in [-0.3, -0.25) is 14.9 Å². The highest BCUT2D eigenvalue weighted by molar-refractivity contribution is 6.29. The fraction of sp³-hybridized carbons (Fsp3) is 0.538. The first-order chi connectivity index (χ1) is 9.99. The van der Waals surface area contributed by atoms with Crippen LogP contribution in [0.5, 0.6) is 0 Å². The third kappa shape index (κ3) is 3.89. The Kier molecular flexibility index (Phi) is 5.08. The molecule has 1 amide bonds. The summed E-state index contributed by atoms with van der Waals surface area (Å²) in [5.41, 5.74) is -0.545. The van der Waals surface area contributed by atoms with Crippen molar-refractivity contribution < 1.29 is 14.8 Å². The minimum atomic E-state index is -0.679. The fourth-order valence-electron chi connectivity index (χ4n) is 2.45. The molecule has 0 saturated heterocycles. The van der Waals surface area contributed by atoms with Crippen LogP contribution in [-0.2, 0) is 0 Å². The van der Waals surface area contributed by atoms with Crippen LogP contribution in [0, 0.1) is 10.1 Å². The minimum absolute atomic E-state index is 0.00663. The third-order valence-electron chi connectivity index (χ3n) is 3.59. The number of carbonyl (C=O) groups excluding carboxylic acids is 1. The van der Waals surface area contributed by atoms with Crippen LogP contribution in [0.2, 0.25) is 5.15 Å². The number of nitrogens with one attached hydrogen (secondary N) is 1. The summed E-state index contributed by atoms with van der Waals surface area (Å²) in [5, 5.41) is 23.6. The molecule has 1 fully saturated rings. The maximum atomic E-state index is 12.2. The van der Waals surface area contributed by atoms with Crippen LogP contribution in [-0.4, -0.2) is 33.1 Å². The minimum Gasteiger partial charge on any atom is -0.391 e. The van der Waals surface area contributed by atoms with Crippen molar-refractivity contribution in [2.75, 3.05) is 0 Å². The van der Waals surface area contributed by atoms with Gasteiger partial charge in [-0.25, -0.2) is 4.98 Å². The van der Waals surface area contributed by atoms with E-state index in [9.17, 15) is 20.0 Å². The van der Waals surface area contributed by atoms with E-state index >= 15 is 0 Å². The average molecular weight is 314 g/mol. The van der Waals surface area contributed by atoms with Gasteiger partial charge >= 0.3 is 0 Å². The van der Waals surface area contributed by atoms with Crippen LogP contribution in [0.4, 0.5) is 5.69 Å². The Hall–Kier alpha value is -1.73. The van der Waals surface area contributed by atoms with Gasteiger partial charge in [0.2, 0.25) is 0 Å². The van der Waals surface area contributed by atoms with Crippen molar-refractivity contribution in [3.63, 3.8) is 0 Å². The Bertz CT molecular complexity index is 552. The summed E-state index contributed by atoms with van der Waals surface area (Å²) >= 11 is 5.70. The van der Waals surface area contributed by atoms with E-state index in [-0.39, 0.29) is 10.7 Å². The molecule has 1 aliphatic carbocycles. The summed E-state index contributed by atoms with van der Waals surface area (Å²) < 4.78 is 0. The van der Waals surface area contributed by atoms with Gasteiger partial charge < -0.3 is 10.4 Å². The van der Waals surface area contributed by atoms with E-state index < -0.39 is 28.7 Å². The number of aliphatic hydroxyl groups excluding tert-OH is 1. The van der Waals surface area contributed by atoms with E-state index in [1.807, 2.05) is 0 Å². The van der Waals surface area contributed by atoms with Crippen molar-refractivity contribution >= 4 is 23.2 Å². The van der Waals surface area contributed by atoms with Gasteiger partial charge in [-0.2, -0.15) is 0 Å². The molecule has 7 nitrogen and oxygen atoms in total. The maximum absolute atomic E-state index is 12.2. The third-order valence-corrected chi connectivity index (χ3v) is 3.79. The lowest BCUT2D eigenvalue weighted by Gasteiger charge is -2.21. The molecule has 1 aliphatic rings. The highest BCUT2D eigenvalue weighted by atomic mass is 35.5. The normalized spacial score (nSPS) is 22.4. The van der Waals surface area contributed by atoms with Gasteiger partial charge in [-0.15, -0.1) is 0 Å². The van der Waals surface area contributed by atoms with E-state index in [4.69, 9.17) is 11.6 Å². The number of nitro groups is 1. The topological polar surface area (TPSA) is 105 Å². The number of nitrogens with zero attached hydrogens (tertiary/aromatic N) is 2. The molecule has 114 valence electrons. The smallest absolute Gasteiger partial charge is 0.300 e. The molecule has 0 aromatic carbocycles. The van der Waals surface area contributed by atoms with Gasteiger partial charge in [0, 0.05) is 0 Å². The van der Waals surface area contributed by atoms with E-state index in [2.05, 4.69) is 10.3 Å². The quantitative estimate of drug-likeness (QED) is 0.384. The van der Waals surface area contributed by atoms with Crippen LogP contribution < -0.4 is 5.32 Å². The standard InChI is InChI=1S/C13H16ClN3O4/c14-12-6-8(10(7-15-12)17(20)21)13(19)16-9-4-2-1-3-5-11(9)18/h6-7,9,11,18H,1-5H2,(H,16,19). The van der Waals surface area contributed by atoms with Crippen LogP contribution in [0.1, 0.15) is 42.5 Å². The molecule has 0 bridgehead atoms. The highest BCUT2D eigenvalue weighted by Gasteiger charge is 2.27. The Morgan fingerprint density at radius 2 is 2.14 bits per heavy atom. The Labute approximate surface area is 126 Å². The first kappa shape index (κ1) is 15.7. The van der Waals surface area contributed by atoms with Gasteiger partial charge in [-0.1, -0.05) is 30.9 Å². The van der Waals surface area contributed by atoms with Crippen LogP contribution >= 0.6 is 11.6 Å². The molecular formula is C13H16ClN3O4. The second-order valence-electron chi connectivity index (χ2n) is 5.07. The largest absolute Gasteiger partial charge is 0.391 e. The molecule has 1 heterocycles. The molecular weight excluding hydrogens is 298 g/mol.